The molecule has 0 bridgehead atoms. The second-order valence-corrected chi connectivity index (χ2v) is 4.82. The first-order valence-electron chi connectivity index (χ1n) is 6.19. The molecule has 2 aromatic carbocycles. The predicted octanol–water partition coefficient (Wildman–Crippen LogP) is 4.33. The van der Waals surface area contributed by atoms with Crippen LogP contribution in [0.25, 0.3) is 0 Å². The van der Waals surface area contributed by atoms with Crippen LogP contribution in [0.5, 0.6) is 0 Å². The fourth-order valence-electron chi connectivity index (χ4n) is 2.21. The molecule has 1 nitrogen and oxygen atoms in total. The van der Waals surface area contributed by atoms with Crippen molar-refractivity contribution in [3.05, 3.63) is 70.3 Å². The van der Waals surface area contributed by atoms with Crippen LogP contribution in [0.2, 0.25) is 0 Å². The molecule has 0 spiro atoms. The van der Waals surface area contributed by atoms with Crippen LogP contribution >= 0.6 is 0 Å². The average molecular weight is 235 g/mol. The summed E-state index contributed by atoms with van der Waals surface area (Å²) in [6.45, 7) is 6.31. The normalized spacial score (nSPS) is 11.9. The second kappa shape index (κ2) is 5.06. The number of aryl methyl sites for hydroxylation is 2. The van der Waals surface area contributed by atoms with Gasteiger partial charge in [-0.15, -0.1) is 0 Å². The van der Waals surface area contributed by atoms with Gasteiger partial charge in [-0.05, 0) is 36.6 Å². The molecule has 1 atom stereocenters. The highest BCUT2D eigenvalue weighted by Gasteiger charge is 2.09. The smallest absolute Gasteiger partial charge is 0.0994 e. The van der Waals surface area contributed by atoms with E-state index in [2.05, 4.69) is 56.3 Å². The van der Waals surface area contributed by atoms with Gasteiger partial charge in [0.05, 0.1) is 11.6 Å². The highest BCUT2D eigenvalue weighted by molar-refractivity contribution is 5.43. The monoisotopic (exact) mass is 235 g/mol. The number of hydrogen-bond donors (Lipinski definition) is 0. The highest BCUT2D eigenvalue weighted by Crippen LogP contribution is 2.26. The Bertz CT molecular complexity index is 605. The maximum atomic E-state index is 8.95. The summed E-state index contributed by atoms with van der Waals surface area (Å²) in [4.78, 5) is 0. The molecular formula is C17H17N. The van der Waals surface area contributed by atoms with Crippen LogP contribution in [0.1, 0.15) is 40.7 Å². The van der Waals surface area contributed by atoms with E-state index in [1.807, 2.05) is 13.0 Å². The van der Waals surface area contributed by atoms with Crippen molar-refractivity contribution in [1.29, 1.82) is 5.26 Å². The lowest BCUT2D eigenvalue weighted by molar-refractivity contribution is 0.917. The summed E-state index contributed by atoms with van der Waals surface area (Å²) in [6, 6.07) is 16.9. The largest absolute Gasteiger partial charge is 0.192 e. The van der Waals surface area contributed by atoms with E-state index < -0.39 is 0 Å². The fraction of sp³-hybridized carbons (Fsp3) is 0.235. The van der Waals surface area contributed by atoms with Crippen molar-refractivity contribution < 1.29 is 0 Å². The minimum absolute atomic E-state index is 0.358. The second-order valence-electron chi connectivity index (χ2n) is 4.82. The zero-order valence-corrected chi connectivity index (χ0v) is 11.1. The maximum absolute atomic E-state index is 8.95. The van der Waals surface area contributed by atoms with E-state index in [0.717, 1.165) is 11.1 Å². The van der Waals surface area contributed by atoms with Gasteiger partial charge in [0.15, 0.2) is 0 Å². The van der Waals surface area contributed by atoms with Crippen LogP contribution in [-0.4, -0.2) is 0 Å². The molecule has 0 aliphatic carbocycles. The first-order valence-corrected chi connectivity index (χ1v) is 6.19. The Morgan fingerprint density at radius 3 is 2.33 bits per heavy atom. The molecule has 2 aromatic rings. The summed E-state index contributed by atoms with van der Waals surface area (Å²) in [5, 5.41) is 8.95. The van der Waals surface area contributed by atoms with Gasteiger partial charge in [-0.3, -0.25) is 0 Å². The minimum atomic E-state index is 0.358. The summed E-state index contributed by atoms with van der Waals surface area (Å²) in [7, 11) is 0. The Hall–Kier alpha value is -2.07. The zero-order chi connectivity index (χ0) is 13.1. The lowest BCUT2D eigenvalue weighted by Crippen LogP contribution is -1.97. The van der Waals surface area contributed by atoms with Crippen molar-refractivity contribution in [1.82, 2.24) is 0 Å². The summed E-state index contributed by atoms with van der Waals surface area (Å²) < 4.78 is 0. The van der Waals surface area contributed by atoms with Crippen molar-refractivity contribution in [3.8, 4) is 6.07 Å². The number of nitrogens with zero attached hydrogens (tertiary/aromatic N) is 1. The Balaban J connectivity index is 2.38. The van der Waals surface area contributed by atoms with E-state index in [0.29, 0.717) is 5.92 Å². The third kappa shape index (κ3) is 2.43. The summed E-state index contributed by atoms with van der Waals surface area (Å²) in [5.74, 6) is 0.358. The van der Waals surface area contributed by atoms with E-state index in [1.54, 1.807) is 0 Å². The third-order valence-corrected chi connectivity index (χ3v) is 3.41. The van der Waals surface area contributed by atoms with E-state index in [-0.39, 0.29) is 0 Å². The lowest BCUT2D eigenvalue weighted by atomic mass is 9.90. The maximum Gasteiger partial charge on any atom is 0.0994 e. The van der Waals surface area contributed by atoms with Crippen LogP contribution < -0.4 is 0 Å². The SMILES string of the molecule is Cc1cccc(C(C)c2ccc(C#N)c(C)c2)c1. The molecule has 1 heteroatoms. The number of nitriles is 1. The van der Waals surface area contributed by atoms with Crippen molar-refractivity contribution in [2.45, 2.75) is 26.7 Å². The van der Waals surface area contributed by atoms with Crippen LogP contribution in [0.15, 0.2) is 42.5 Å². The molecule has 0 aromatic heterocycles. The van der Waals surface area contributed by atoms with E-state index in [4.69, 9.17) is 5.26 Å². The van der Waals surface area contributed by atoms with Gasteiger partial charge in [-0.25, -0.2) is 0 Å². The Kier molecular flexibility index (Phi) is 3.48. The van der Waals surface area contributed by atoms with Crippen molar-refractivity contribution in [2.24, 2.45) is 0 Å². The Morgan fingerprint density at radius 2 is 1.72 bits per heavy atom. The third-order valence-electron chi connectivity index (χ3n) is 3.41. The van der Waals surface area contributed by atoms with E-state index >= 15 is 0 Å². The summed E-state index contributed by atoms with van der Waals surface area (Å²) in [5.41, 5.74) is 5.67. The molecule has 0 fully saturated rings. The lowest BCUT2D eigenvalue weighted by Gasteiger charge is -2.14. The van der Waals surface area contributed by atoms with E-state index in [9.17, 15) is 0 Å². The number of benzene rings is 2. The molecule has 0 radical (unpaired) electrons. The Labute approximate surface area is 109 Å². The molecule has 90 valence electrons. The van der Waals surface area contributed by atoms with Gasteiger partial charge in [-0.1, -0.05) is 48.9 Å². The summed E-state index contributed by atoms with van der Waals surface area (Å²) >= 11 is 0. The first-order chi connectivity index (χ1) is 8.61. The molecule has 0 N–H and O–H groups in total. The summed E-state index contributed by atoms with van der Waals surface area (Å²) in [6.07, 6.45) is 0. The fourth-order valence-corrected chi connectivity index (χ4v) is 2.21. The average Bonchev–Trinajstić information content (AvgIpc) is 2.37. The number of rotatable bonds is 2. The van der Waals surface area contributed by atoms with Crippen molar-refractivity contribution in [3.63, 3.8) is 0 Å². The van der Waals surface area contributed by atoms with Gasteiger partial charge < -0.3 is 0 Å². The zero-order valence-electron chi connectivity index (χ0n) is 11.1. The van der Waals surface area contributed by atoms with Gasteiger partial charge in [0.1, 0.15) is 0 Å². The minimum Gasteiger partial charge on any atom is -0.192 e. The molecule has 2 rings (SSSR count). The van der Waals surface area contributed by atoms with Gasteiger partial charge in [0.2, 0.25) is 0 Å². The molecule has 0 aliphatic rings. The molecule has 0 saturated heterocycles. The Morgan fingerprint density at radius 1 is 1.00 bits per heavy atom. The van der Waals surface area contributed by atoms with Crippen LogP contribution in [0.3, 0.4) is 0 Å². The van der Waals surface area contributed by atoms with Gasteiger partial charge in [-0.2, -0.15) is 5.26 Å². The molecule has 18 heavy (non-hydrogen) atoms. The van der Waals surface area contributed by atoms with E-state index in [1.165, 1.54) is 16.7 Å². The molecular weight excluding hydrogens is 218 g/mol. The van der Waals surface area contributed by atoms with Gasteiger partial charge >= 0.3 is 0 Å². The highest BCUT2D eigenvalue weighted by atomic mass is 14.2. The van der Waals surface area contributed by atoms with Crippen molar-refractivity contribution in [2.75, 3.05) is 0 Å². The predicted molar refractivity (Wildman–Crippen MR) is 74.6 cm³/mol. The first kappa shape index (κ1) is 12.4. The molecule has 0 aliphatic heterocycles. The van der Waals surface area contributed by atoms with Crippen LogP contribution in [0, 0.1) is 25.2 Å². The molecule has 0 amide bonds. The van der Waals surface area contributed by atoms with Crippen molar-refractivity contribution >= 4 is 0 Å². The topological polar surface area (TPSA) is 23.8 Å². The van der Waals surface area contributed by atoms with Crippen LogP contribution in [0.4, 0.5) is 0 Å². The molecule has 1 unspecified atom stereocenters. The standard InChI is InChI=1S/C17H17N/c1-12-5-4-6-15(9-12)14(3)16-7-8-17(11-18)13(2)10-16/h4-10,14H,1-3H3. The van der Waals surface area contributed by atoms with Crippen LogP contribution in [-0.2, 0) is 0 Å². The quantitative estimate of drug-likeness (QED) is 0.760. The number of hydrogen-bond acceptors (Lipinski definition) is 1. The molecule has 0 saturated carbocycles. The van der Waals surface area contributed by atoms with Gasteiger partial charge in [0.25, 0.3) is 0 Å². The van der Waals surface area contributed by atoms with Gasteiger partial charge in [0, 0.05) is 5.92 Å². The molecule has 0 heterocycles.